The molecular formula is C21H18F3N5O2S. The molecule has 0 unspecified atom stereocenters. The molecule has 0 aliphatic carbocycles. The van der Waals surface area contributed by atoms with Gasteiger partial charge < -0.3 is 9.30 Å². The number of fused-ring (bicyclic) bond motifs is 1. The Labute approximate surface area is 185 Å². The fourth-order valence-electron chi connectivity index (χ4n) is 3.49. The van der Waals surface area contributed by atoms with Crippen LogP contribution in [-0.4, -0.2) is 44.3 Å². The Morgan fingerprint density at radius 2 is 1.97 bits per heavy atom. The van der Waals surface area contributed by atoms with Crippen LogP contribution in [0.15, 0.2) is 46.0 Å². The van der Waals surface area contributed by atoms with E-state index in [2.05, 4.69) is 10.1 Å². The summed E-state index contributed by atoms with van der Waals surface area (Å²) in [6.45, 7) is 6.12. The van der Waals surface area contributed by atoms with Gasteiger partial charge in [-0.15, -0.1) is 0 Å². The number of carbonyl (C=O) groups is 1. The summed E-state index contributed by atoms with van der Waals surface area (Å²) in [4.78, 5) is 16.2. The van der Waals surface area contributed by atoms with Crippen molar-refractivity contribution in [3.05, 3.63) is 52.9 Å². The summed E-state index contributed by atoms with van der Waals surface area (Å²) in [5.74, 6) is -0.548. The molecule has 0 saturated carbocycles. The average molecular weight is 461 g/mol. The minimum Gasteiger partial charge on any atom is -0.492 e. The number of para-hydroxylation sites is 2. The summed E-state index contributed by atoms with van der Waals surface area (Å²) >= 11 is 0.225. The quantitative estimate of drug-likeness (QED) is 0.671. The Morgan fingerprint density at radius 1 is 1.25 bits per heavy atom. The first-order valence-electron chi connectivity index (χ1n) is 9.60. The van der Waals surface area contributed by atoms with Crippen molar-refractivity contribution in [2.75, 3.05) is 6.61 Å². The van der Waals surface area contributed by atoms with Crippen molar-refractivity contribution < 1.29 is 22.7 Å². The molecule has 2 aromatic rings. The molecule has 11 heteroatoms. The number of thioether (sulfide) groups is 1. The van der Waals surface area contributed by atoms with Crippen molar-refractivity contribution in [1.82, 2.24) is 9.58 Å². The van der Waals surface area contributed by atoms with Crippen LogP contribution in [0.1, 0.15) is 23.9 Å². The van der Waals surface area contributed by atoms with Gasteiger partial charge in [-0.1, -0.05) is 12.1 Å². The second kappa shape index (κ2) is 7.97. The summed E-state index contributed by atoms with van der Waals surface area (Å²) in [6.07, 6.45) is -3.23. The van der Waals surface area contributed by atoms with Gasteiger partial charge in [-0.05, 0) is 62.4 Å². The molecule has 0 bridgehead atoms. The zero-order chi connectivity index (χ0) is 23.2. The van der Waals surface area contributed by atoms with E-state index in [9.17, 15) is 18.0 Å². The van der Waals surface area contributed by atoms with Crippen molar-refractivity contribution in [3.8, 4) is 11.4 Å². The highest BCUT2D eigenvalue weighted by atomic mass is 32.2. The van der Waals surface area contributed by atoms with Crippen LogP contribution in [0, 0.1) is 19.3 Å². The molecule has 7 nitrogen and oxygen atoms in total. The number of hydrogen-bond acceptors (Lipinski definition) is 5. The highest BCUT2D eigenvalue weighted by Crippen LogP contribution is 2.36. The van der Waals surface area contributed by atoms with Gasteiger partial charge in [-0.25, -0.2) is 0 Å². The maximum atomic E-state index is 13.0. The Kier molecular flexibility index (Phi) is 5.45. The highest BCUT2D eigenvalue weighted by molar-refractivity contribution is 8.27. The Hall–Kier alpha value is -3.34. The second-order valence-electron chi connectivity index (χ2n) is 6.99. The van der Waals surface area contributed by atoms with E-state index < -0.39 is 23.0 Å². The first-order chi connectivity index (χ1) is 15.1. The molecule has 1 amide bonds. The lowest BCUT2D eigenvalue weighted by Crippen LogP contribution is -2.35. The molecule has 2 aliphatic rings. The van der Waals surface area contributed by atoms with Crippen LogP contribution in [-0.2, 0) is 4.79 Å². The van der Waals surface area contributed by atoms with Gasteiger partial charge in [-0.3, -0.25) is 10.2 Å². The van der Waals surface area contributed by atoms with E-state index in [1.54, 1.807) is 0 Å². The van der Waals surface area contributed by atoms with Gasteiger partial charge >= 0.3 is 6.18 Å². The predicted molar refractivity (Wildman–Crippen MR) is 117 cm³/mol. The Morgan fingerprint density at radius 3 is 2.66 bits per heavy atom. The smallest absolute Gasteiger partial charge is 0.441 e. The van der Waals surface area contributed by atoms with E-state index in [1.807, 2.05) is 55.7 Å². The van der Waals surface area contributed by atoms with Gasteiger partial charge in [0.15, 0.2) is 5.84 Å². The highest BCUT2D eigenvalue weighted by Gasteiger charge is 2.46. The van der Waals surface area contributed by atoms with Gasteiger partial charge in [0.25, 0.3) is 5.91 Å². The lowest BCUT2D eigenvalue weighted by molar-refractivity contribution is -0.114. The lowest BCUT2D eigenvalue weighted by atomic mass is 10.1. The van der Waals surface area contributed by atoms with Crippen LogP contribution in [0.3, 0.4) is 0 Å². The molecular weight excluding hydrogens is 443 g/mol. The number of rotatable bonds is 4. The van der Waals surface area contributed by atoms with E-state index in [0.29, 0.717) is 17.9 Å². The van der Waals surface area contributed by atoms with Gasteiger partial charge in [-0.2, -0.15) is 28.3 Å². The molecule has 166 valence electrons. The number of aromatic nitrogens is 1. The molecule has 4 rings (SSSR count). The number of amides is 1. The number of hydrogen-bond donors (Lipinski definition) is 1. The fraction of sp³-hybridized carbons (Fsp3) is 0.238. The number of hydrazone groups is 1. The van der Waals surface area contributed by atoms with Crippen LogP contribution in [0.4, 0.5) is 13.2 Å². The summed E-state index contributed by atoms with van der Waals surface area (Å²) in [5.41, 5.74) is 2.93. The van der Waals surface area contributed by atoms with E-state index in [0.717, 1.165) is 22.1 Å². The number of carbonyl (C=O) groups excluding carboxylic acids is 1. The third-order valence-electron chi connectivity index (χ3n) is 4.87. The predicted octanol–water partition coefficient (Wildman–Crippen LogP) is 4.67. The van der Waals surface area contributed by atoms with Crippen LogP contribution in [0.2, 0.25) is 0 Å². The van der Waals surface area contributed by atoms with E-state index in [-0.39, 0.29) is 22.5 Å². The number of ether oxygens (including phenoxy) is 1. The number of aryl methyl sites for hydroxylation is 1. The number of halogens is 3. The van der Waals surface area contributed by atoms with Crippen LogP contribution in [0.25, 0.3) is 11.8 Å². The molecule has 0 radical (unpaired) electrons. The molecule has 0 atom stereocenters. The van der Waals surface area contributed by atoms with E-state index >= 15 is 0 Å². The van der Waals surface area contributed by atoms with Crippen molar-refractivity contribution in [1.29, 1.82) is 5.41 Å². The van der Waals surface area contributed by atoms with Crippen molar-refractivity contribution in [2.45, 2.75) is 26.9 Å². The fourth-order valence-corrected chi connectivity index (χ4v) is 4.24. The third kappa shape index (κ3) is 3.72. The molecule has 2 aliphatic heterocycles. The van der Waals surface area contributed by atoms with Gasteiger partial charge in [0, 0.05) is 11.4 Å². The minimum atomic E-state index is -4.68. The molecule has 0 fully saturated rings. The van der Waals surface area contributed by atoms with E-state index in [1.165, 1.54) is 6.08 Å². The zero-order valence-electron chi connectivity index (χ0n) is 17.3. The second-order valence-corrected chi connectivity index (χ2v) is 7.94. The molecule has 0 spiro atoms. The molecule has 1 aromatic heterocycles. The minimum absolute atomic E-state index is 0.139. The largest absolute Gasteiger partial charge is 0.492 e. The average Bonchev–Trinajstić information content (AvgIpc) is 3.27. The molecule has 32 heavy (non-hydrogen) atoms. The molecule has 3 heterocycles. The first kappa shape index (κ1) is 21.9. The number of aliphatic imine (C=N–C) groups is 1. The van der Waals surface area contributed by atoms with Crippen molar-refractivity contribution >= 4 is 39.8 Å². The number of nitrogens with one attached hydrogen (secondary N) is 1. The lowest BCUT2D eigenvalue weighted by Gasteiger charge is -2.20. The standard InChI is InChI=1S/C21H18F3N5O2S/c1-4-31-16-8-6-5-7-15(16)28-11(2)9-13(12(28)3)10-14-17(25)29-20(26-18(14)30)32-19(27-29)21(22,23)24/h5-10,25H,4H2,1-3H3. The number of amidine groups is 2. The summed E-state index contributed by atoms with van der Waals surface area (Å²) in [6, 6.07) is 9.34. The monoisotopic (exact) mass is 461 g/mol. The van der Waals surface area contributed by atoms with Crippen LogP contribution < -0.4 is 4.74 Å². The molecule has 1 aromatic carbocycles. The normalized spacial score (nSPS) is 17.6. The summed E-state index contributed by atoms with van der Waals surface area (Å²) in [5, 5.41) is 11.0. The Bertz CT molecular complexity index is 1230. The maximum Gasteiger partial charge on any atom is 0.441 e. The van der Waals surface area contributed by atoms with E-state index in [4.69, 9.17) is 10.1 Å². The number of alkyl halides is 3. The van der Waals surface area contributed by atoms with Crippen molar-refractivity contribution in [2.24, 2.45) is 10.1 Å². The molecule has 0 saturated heterocycles. The SMILES string of the molecule is CCOc1ccccc1-n1c(C)cc(C=C2C(=N)N3N=C(C(F)(F)F)SC3=NC2=O)c1C. The third-order valence-corrected chi connectivity index (χ3v) is 5.83. The van der Waals surface area contributed by atoms with Gasteiger partial charge in [0.2, 0.25) is 10.2 Å². The molecule has 1 N–H and O–H groups in total. The van der Waals surface area contributed by atoms with Crippen molar-refractivity contribution in [3.63, 3.8) is 0 Å². The number of nitrogens with zero attached hydrogens (tertiary/aromatic N) is 4. The first-order valence-corrected chi connectivity index (χ1v) is 10.4. The van der Waals surface area contributed by atoms with Crippen LogP contribution in [0.5, 0.6) is 5.75 Å². The van der Waals surface area contributed by atoms with Crippen LogP contribution >= 0.6 is 11.8 Å². The maximum absolute atomic E-state index is 13.0. The van der Waals surface area contributed by atoms with Gasteiger partial charge in [0.1, 0.15) is 5.75 Å². The summed E-state index contributed by atoms with van der Waals surface area (Å²) < 4.78 is 46.7. The zero-order valence-corrected chi connectivity index (χ0v) is 18.1. The van der Waals surface area contributed by atoms with Gasteiger partial charge in [0.05, 0.1) is 17.9 Å². The number of benzene rings is 1. The summed E-state index contributed by atoms with van der Waals surface area (Å²) in [7, 11) is 0. The topological polar surface area (TPSA) is 83.0 Å². The Balaban J connectivity index is 1.75.